The van der Waals surface area contributed by atoms with Crippen molar-refractivity contribution in [3.8, 4) is 17.2 Å². The Bertz CT molecular complexity index is 804. The van der Waals surface area contributed by atoms with Crippen molar-refractivity contribution in [3.63, 3.8) is 0 Å². The quantitative estimate of drug-likeness (QED) is 0.732. The lowest BCUT2D eigenvalue weighted by atomic mass is 10.1. The molecule has 5 nitrogen and oxygen atoms in total. The normalized spacial score (nSPS) is 11.1. The van der Waals surface area contributed by atoms with E-state index < -0.39 is 11.7 Å². The number of carbonyl (C=O) groups is 1. The average Bonchev–Trinajstić information content (AvgIpc) is 2.69. The van der Waals surface area contributed by atoms with E-state index in [1.807, 2.05) is 0 Å². The number of carbonyl (C=O) groups excluding carboxylic acids is 1. The number of benzene rings is 2. The summed E-state index contributed by atoms with van der Waals surface area (Å²) in [5, 5.41) is 2.70. The summed E-state index contributed by atoms with van der Waals surface area (Å²) in [6, 6.07) is 8.22. The van der Waals surface area contributed by atoms with Gasteiger partial charge in [-0.3, -0.25) is 4.79 Å². The predicted molar refractivity (Wildman–Crippen MR) is 97.7 cm³/mol. The number of hydrogen-bond donors (Lipinski definition) is 1. The first-order valence-corrected chi connectivity index (χ1v) is 8.50. The molecule has 0 atom stereocenters. The molecule has 0 saturated heterocycles. The number of methoxy groups -OCH3 is 3. The van der Waals surface area contributed by atoms with Crippen LogP contribution in [0.25, 0.3) is 0 Å². The van der Waals surface area contributed by atoms with Crippen molar-refractivity contribution < 1.29 is 32.2 Å². The van der Waals surface area contributed by atoms with Crippen LogP contribution in [0, 0.1) is 0 Å². The number of rotatable bonds is 8. The van der Waals surface area contributed by atoms with Crippen molar-refractivity contribution in [2.24, 2.45) is 0 Å². The third-order valence-corrected chi connectivity index (χ3v) is 4.18. The van der Waals surface area contributed by atoms with Crippen LogP contribution in [0.1, 0.15) is 23.1 Å². The molecule has 0 bridgehead atoms. The molecule has 0 radical (unpaired) electrons. The van der Waals surface area contributed by atoms with Crippen LogP contribution >= 0.6 is 0 Å². The monoisotopic (exact) mass is 397 g/mol. The van der Waals surface area contributed by atoms with Gasteiger partial charge in [0.2, 0.25) is 11.7 Å². The molecule has 0 spiro atoms. The largest absolute Gasteiger partial charge is 0.493 e. The van der Waals surface area contributed by atoms with Crippen LogP contribution in [-0.4, -0.2) is 27.2 Å². The molecule has 152 valence electrons. The van der Waals surface area contributed by atoms with E-state index in [0.29, 0.717) is 29.2 Å². The van der Waals surface area contributed by atoms with Gasteiger partial charge in [-0.25, -0.2) is 0 Å². The van der Waals surface area contributed by atoms with E-state index in [1.165, 1.54) is 33.5 Å². The number of hydrogen-bond acceptors (Lipinski definition) is 4. The van der Waals surface area contributed by atoms with Gasteiger partial charge in [0.1, 0.15) is 0 Å². The van der Waals surface area contributed by atoms with E-state index in [2.05, 4.69) is 5.32 Å². The number of ether oxygens (including phenoxy) is 3. The molecular formula is C20H22F3NO4. The minimum atomic E-state index is -4.37. The molecule has 0 fully saturated rings. The lowest BCUT2D eigenvalue weighted by Gasteiger charge is -2.15. The predicted octanol–water partition coefficient (Wildman–Crippen LogP) is 3.98. The molecule has 0 unspecified atom stereocenters. The van der Waals surface area contributed by atoms with E-state index in [4.69, 9.17) is 14.2 Å². The summed E-state index contributed by atoms with van der Waals surface area (Å²) in [4.78, 5) is 12.1. The van der Waals surface area contributed by atoms with Crippen molar-refractivity contribution in [1.29, 1.82) is 0 Å². The van der Waals surface area contributed by atoms with Crippen LogP contribution in [0.3, 0.4) is 0 Å². The van der Waals surface area contributed by atoms with E-state index in [-0.39, 0.29) is 18.9 Å². The number of alkyl halides is 3. The topological polar surface area (TPSA) is 56.8 Å². The average molecular weight is 397 g/mol. The van der Waals surface area contributed by atoms with Crippen LogP contribution in [0.4, 0.5) is 13.2 Å². The second kappa shape index (κ2) is 9.34. The molecular weight excluding hydrogens is 375 g/mol. The van der Waals surface area contributed by atoms with Crippen molar-refractivity contribution in [3.05, 3.63) is 53.1 Å². The summed E-state index contributed by atoms with van der Waals surface area (Å²) >= 11 is 0. The third kappa shape index (κ3) is 5.31. The van der Waals surface area contributed by atoms with Crippen LogP contribution in [0.5, 0.6) is 17.2 Å². The first kappa shape index (κ1) is 21.4. The fourth-order valence-corrected chi connectivity index (χ4v) is 2.71. The van der Waals surface area contributed by atoms with Gasteiger partial charge in [0.25, 0.3) is 0 Å². The number of nitrogens with one attached hydrogen (secondary N) is 1. The Labute approximate surface area is 161 Å². The lowest BCUT2D eigenvalue weighted by molar-refractivity contribution is -0.137. The summed E-state index contributed by atoms with van der Waals surface area (Å²) in [5.41, 5.74) is 0.651. The Morgan fingerprint density at radius 3 is 2.11 bits per heavy atom. The van der Waals surface area contributed by atoms with Gasteiger partial charge in [-0.15, -0.1) is 0 Å². The fourth-order valence-electron chi connectivity index (χ4n) is 2.71. The summed E-state index contributed by atoms with van der Waals surface area (Å²) in [7, 11) is 4.53. The minimum absolute atomic E-state index is 0.153. The highest BCUT2D eigenvalue weighted by Gasteiger charge is 2.29. The van der Waals surface area contributed by atoms with Crippen molar-refractivity contribution in [2.75, 3.05) is 21.3 Å². The van der Waals surface area contributed by atoms with Gasteiger partial charge in [0, 0.05) is 13.0 Å². The third-order valence-electron chi connectivity index (χ3n) is 4.18. The SMILES string of the molecule is COc1ccc(CCC(=O)NCc2ccc(C(F)(F)F)cc2)c(OC)c1OC. The zero-order chi connectivity index (χ0) is 20.7. The highest BCUT2D eigenvalue weighted by Crippen LogP contribution is 2.40. The second-order valence-corrected chi connectivity index (χ2v) is 5.96. The lowest BCUT2D eigenvalue weighted by Crippen LogP contribution is -2.23. The van der Waals surface area contributed by atoms with Crippen LogP contribution in [0.15, 0.2) is 36.4 Å². The van der Waals surface area contributed by atoms with Crippen molar-refractivity contribution in [2.45, 2.75) is 25.6 Å². The minimum Gasteiger partial charge on any atom is -0.493 e. The molecule has 28 heavy (non-hydrogen) atoms. The maximum absolute atomic E-state index is 12.6. The summed E-state index contributed by atoms with van der Waals surface area (Å²) in [6.45, 7) is 0.153. The van der Waals surface area contributed by atoms with Gasteiger partial charge in [0.15, 0.2) is 11.5 Å². The van der Waals surface area contributed by atoms with Gasteiger partial charge >= 0.3 is 6.18 Å². The second-order valence-electron chi connectivity index (χ2n) is 5.96. The first-order valence-electron chi connectivity index (χ1n) is 8.50. The highest BCUT2D eigenvalue weighted by atomic mass is 19.4. The van der Waals surface area contributed by atoms with E-state index in [0.717, 1.165) is 17.7 Å². The molecule has 0 heterocycles. The number of aryl methyl sites for hydroxylation is 1. The Morgan fingerprint density at radius 2 is 1.57 bits per heavy atom. The summed E-state index contributed by atoms with van der Waals surface area (Å²) in [5.74, 6) is 1.25. The maximum Gasteiger partial charge on any atom is 0.416 e. The maximum atomic E-state index is 12.6. The molecule has 0 aliphatic rings. The van der Waals surface area contributed by atoms with Crippen LogP contribution < -0.4 is 19.5 Å². The molecule has 1 amide bonds. The van der Waals surface area contributed by atoms with E-state index in [9.17, 15) is 18.0 Å². The number of halogens is 3. The molecule has 1 N–H and O–H groups in total. The molecule has 2 rings (SSSR count). The van der Waals surface area contributed by atoms with Crippen molar-refractivity contribution in [1.82, 2.24) is 5.32 Å². The van der Waals surface area contributed by atoms with Gasteiger partial charge in [-0.05, 0) is 35.7 Å². The molecule has 0 saturated carbocycles. The fraction of sp³-hybridized carbons (Fsp3) is 0.350. The molecule has 0 aliphatic heterocycles. The smallest absolute Gasteiger partial charge is 0.416 e. The first-order chi connectivity index (χ1) is 13.3. The molecule has 2 aromatic carbocycles. The Balaban J connectivity index is 1.94. The van der Waals surface area contributed by atoms with Gasteiger partial charge < -0.3 is 19.5 Å². The number of amides is 1. The molecule has 2 aromatic rings. The van der Waals surface area contributed by atoms with Gasteiger partial charge in [-0.1, -0.05) is 18.2 Å². The summed E-state index contributed by atoms with van der Waals surface area (Å²) < 4.78 is 53.6. The zero-order valence-corrected chi connectivity index (χ0v) is 15.9. The Morgan fingerprint density at radius 1 is 0.929 bits per heavy atom. The van der Waals surface area contributed by atoms with Crippen LogP contribution in [0.2, 0.25) is 0 Å². The van der Waals surface area contributed by atoms with Crippen LogP contribution in [-0.2, 0) is 23.9 Å². The van der Waals surface area contributed by atoms with E-state index >= 15 is 0 Å². The Kier molecular flexibility index (Phi) is 7.14. The molecule has 0 aromatic heterocycles. The van der Waals surface area contributed by atoms with Gasteiger partial charge in [0.05, 0.1) is 26.9 Å². The summed E-state index contributed by atoms with van der Waals surface area (Å²) in [6.07, 6.45) is -3.78. The Hall–Kier alpha value is -2.90. The zero-order valence-electron chi connectivity index (χ0n) is 15.9. The standard InChI is InChI=1S/C20H22F3NO4/c1-26-16-10-6-14(18(27-2)19(16)28-3)7-11-17(25)24-12-13-4-8-15(9-5-13)20(21,22)23/h4-6,8-10H,7,11-12H2,1-3H3,(H,24,25). The van der Waals surface area contributed by atoms with E-state index in [1.54, 1.807) is 12.1 Å². The van der Waals surface area contributed by atoms with Crippen molar-refractivity contribution >= 4 is 5.91 Å². The highest BCUT2D eigenvalue weighted by molar-refractivity contribution is 5.76. The van der Waals surface area contributed by atoms with Gasteiger partial charge in [-0.2, -0.15) is 13.2 Å². The molecule has 8 heteroatoms. The molecule has 0 aliphatic carbocycles.